The van der Waals surface area contributed by atoms with Crippen molar-refractivity contribution in [3.05, 3.63) is 148 Å². The Balaban J connectivity index is 1.19. The van der Waals surface area contributed by atoms with E-state index in [2.05, 4.69) is 155 Å². The minimum Gasteiger partial charge on any atom is -0.464 e. The lowest BCUT2D eigenvalue weighted by atomic mass is 9.76. The number of benzene rings is 5. The normalized spacial score (nSPS) is 19.7. The lowest BCUT2D eigenvalue weighted by molar-refractivity contribution is 0.0284. The zero-order valence-corrected chi connectivity index (χ0v) is 32.3. The van der Waals surface area contributed by atoms with Crippen LogP contribution in [-0.2, 0) is 16.8 Å². The number of nitrogens with zero attached hydrogens (tertiary/aromatic N) is 4. The molecule has 3 aromatic heterocycles. The SMILES string of the molecule is Cc1ccc2c(c1)c1ccc(-n3c4ccc(C(C)C)cc4c4cccnc43)cc1n2-c1cc(C2=N[C@]3(C)CCCc4ccccc4[C@]3(C)O2)c(C)cc1C. The first kappa shape index (κ1) is 32.9. The maximum atomic E-state index is 7.14. The zero-order chi connectivity index (χ0) is 37.1. The highest BCUT2D eigenvalue weighted by molar-refractivity contribution is 6.12. The van der Waals surface area contributed by atoms with Gasteiger partial charge in [-0.2, -0.15) is 0 Å². The predicted octanol–water partition coefficient (Wildman–Crippen LogP) is 12.1. The molecule has 5 aromatic carbocycles. The van der Waals surface area contributed by atoms with Crippen LogP contribution in [-0.4, -0.2) is 25.6 Å². The molecule has 0 radical (unpaired) electrons. The second-order valence-electron chi connectivity index (χ2n) is 16.5. The molecule has 2 atom stereocenters. The Morgan fingerprint density at radius 1 is 0.704 bits per heavy atom. The molecule has 0 saturated carbocycles. The monoisotopic (exact) mass is 706 g/mol. The van der Waals surface area contributed by atoms with Crippen molar-refractivity contribution in [1.82, 2.24) is 14.1 Å². The van der Waals surface area contributed by atoms with Gasteiger partial charge in [0.25, 0.3) is 0 Å². The van der Waals surface area contributed by atoms with Gasteiger partial charge in [-0.15, -0.1) is 0 Å². The molecular formula is C49H46N4O. The molecule has 4 heterocycles. The summed E-state index contributed by atoms with van der Waals surface area (Å²) < 4.78 is 11.9. The van der Waals surface area contributed by atoms with Crippen molar-refractivity contribution in [1.29, 1.82) is 0 Å². The van der Waals surface area contributed by atoms with Crippen LogP contribution in [0.4, 0.5) is 0 Å². The van der Waals surface area contributed by atoms with Crippen LogP contribution in [0.3, 0.4) is 0 Å². The number of fused-ring (bicyclic) bond motifs is 9. The minimum absolute atomic E-state index is 0.363. The van der Waals surface area contributed by atoms with Crippen LogP contribution in [0.15, 0.2) is 114 Å². The Kier molecular flexibility index (Phi) is 7.11. The average molecular weight is 707 g/mol. The van der Waals surface area contributed by atoms with Gasteiger partial charge in [0.15, 0.2) is 5.60 Å². The van der Waals surface area contributed by atoms with Gasteiger partial charge in [-0.25, -0.2) is 9.98 Å². The van der Waals surface area contributed by atoms with Gasteiger partial charge in [-0.05, 0) is 137 Å². The van der Waals surface area contributed by atoms with Gasteiger partial charge in [-0.1, -0.05) is 67.9 Å². The summed E-state index contributed by atoms with van der Waals surface area (Å²) >= 11 is 0. The molecule has 5 nitrogen and oxygen atoms in total. The summed E-state index contributed by atoms with van der Waals surface area (Å²) in [5.41, 5.74) is 14.4. The minimum atomic E-state index is -0.543. The lowest BCUT2D eigenvalue weighted by Crippen LogP contribution is -2.43. The number of aromatic nitrogens is 3. The van der Waals surface area contributed by atoms with E-state index in [0.717, 1.165) is 58.8 Å². The van der Waals surface area contributed by atoms with Crippen LogP contribution in [0.5, 0.6) is 0 Å². The molecule has 54 heavy (non-hydrogen) atoms. The number of hydrogen-bond acceptors (Lipinski definition) is 3. The fourth-order valence-electron chi connectivity index (χ4n) is 9.56. The van der Waals surface area contributed by atoms with Crippen molar-refractivity contribution in [2.75, 3.05) is 0 Å². The van der Waals surface area contributed by atoms with Gasteiger partial charge in [0, 0.05) is 50.2 Å². The molecule has 10 rings (SSSR count). The van der Waals surface area contributed by atoms with E-state index in [4.69, 9.17) is 14.7 Å². The zero-order valence-electron chi connectivity index (χ0n) is 32.3. The van der Waals surface area contributed by atoms with Crippen LogP contribution in [0.25, 0.3) is 55.1 Å². The summed E-state index contributed by atoms with van der Waals surface area (Å²) in [6.07, 6.45) is 5.03. The number of pyridine rings is 1. The molecule has 0 unspecified atom stereocenters. The van der Waals surface area contributed by atoms with Gasteiger partial charge in [-0.3, -0.25) is 4.57 Å². The Hall–Kier alpha value is -5.68. The van der Waals surface area contributed by atoms with Crippen molar-refractivity contribution in [2.24, 2.45) is 4.99 Å². The van der Waals surface area contributed by atoms with Gasteiger partial charge in [0.2, 0.25) is 5.90 Å². The van der Waals surface area contributed by atoms with Crippen molar-refractivity contribution in [3.8, 4) is 11.4 Å². The maximum absolute atomic E-state index is 7.14. The number of rotatable bonds is 4. The first-order chi connectivity index (χ1) is 26.0. The molecule has 268 valence electrons. The molecule has 0 amide bonds. The molecule has 2 aliphatic rings. The van der Waals surface area contributed by atoms with E-state index in [9.17, 15) is 0 Å². The molecule has 0 bridgehead atoms. The molecule has 1 aliphatic heterocycles. The van der Waals surface area contributed by atoms with Crippen LogP contribution in [0.1, 0.15) is 85.4 Å². The first-order valence-corrected chi connectivity index (χ1v) is 19.5. The second-order valence-corrected chi connectivity index (χ2v) is 16.5. The molecule has 8 aromatic rings. The Labute approximate surface area is 316 Å². The first-order valence-electron chi connectivity index (χ1n) is 19.5. The third kappa shape index (κ3) is 4.63. The number of ether oxygens (including phenoxy) is 1. The number of aryl methyl sites for hydroxylation is 4. The summed E-state index contributed by atoms with van der Waals surface area (Å²) in [6.45, 7) is 15.6. The highest BCUT2D eigenvalue weighted by Crippen LogP contribution is 2.51. The molecule has 1 aliphatic carbocycles. The smallest absolute Gasteiger partial charge is 0.218 e. The van der Waals surface area contributed by atoms with Crippen LogP contribution in [0.2, 0.25) is 0 Å². The Morgan fingerprint density at radius 3 is 2.35 bits per heavy atom. The average Bonchev–Trinajstić information content (AvgIpc) is 3.73. The quantitative estimate of drug-likeness (QED) is 0.183. The van der Waals surface area contributed by atoms with E-state index in [1.807, 2.05) is 12.3 Å². The lowest BCUT2D eigenvalue weighted by Gasteiger charge is -2.37. The third-order valence-electron chi connectivity index (χ3n) is 12.7. The van der Waals surface area contributed by atoms with E-state index in [1.165, 1.54) is 60.4 Å². The van der Waals surface area contributed by atoms with E-state index < -0.39 is 5.60 Å². The summed E-state index contributed by atoms with van der Waals surface area (Å²) in [6, 6.07) is 38.3. The number of hydrogen-bond donors (Lipinski definition) is 0. The number of aliphatic imine (C=N–C) groups is 1. The van der Waals surface area contributed by atoms with E-state index in [1.54, 1.807) is 0 Å². The standard InChI is InChI=1S/C49H46N4O/c1-29(2)34-17-21-42-40(26-34)37-14-11-23-50-46(37)52(42)35-18-19-36-39-24-30(3)16-20-43(39)53(45(36)27-35)44-28-38(31(4)25-32(44)5)47-51-48(6)22-10-13-33-12-8-9-15-41(33)49(48,7)54-47/h8-9,11-12,14-21,23-29H,10,13,22H2,1-7H3/t48-,49+/m1/s1. The second kappa shape index (κ2) is 11.7. The maximum Gasteiger partial charge on any atom is 0.218 e. The third-order valence-corrected chi connectivity index (χ3v) is 12.7. The summed E-state index contributed by atoms with van der Waals surface area (Å²) in [5, 5.41) is 4.87. The Bertz CT molecular complexity index is 2890. The van der Waals surface area contributed by atoms with Crippen molar-refractivity contribution < 1.29 is 4.74 Å². The molecular weight excluding hydrogens is 661 g/mol. The molecule has 0 saturated heterocycles. The van der Waals surface area contributed by atoms with Gasteiger partial charge in [0.1, 0.15) is 11.2 Å². The van der Waals surface area contributed by atoms with Crippen LogP contribution in [0, 0.1) is 20.8 Å². The summed E-state index contributed by atoms with van der Waals surface area (Å²) in [4.78, 5) is 10.4. The van der Waals surface area contributed by atoms with E-state index in [0.29, 0.717) is 5.92 Å². The van der Waals surface area contributed by atoms with Gasteiger partial charge < -0.3 is 9.30 Å². The van der Waals surface area contributed by atoms with Crippen LogP contribution < -0.4 is 0 Å². The fraction of sp³-hybridized carbons (Fsp3) is 0.265. The van der Waals surface area contributed by atoms with E-state index >= 15 is 0 Å². The van der Waals surface area contributed by atoms with Gasteiger partial charge in [0.05, 0.1) is 16.6 Å². The summed E-state index contributed by atoms with van der Waals surface area (Å²) in [7, 11) is 0. The van der Waals surface area contributed by atoms with Crippen molar-refractivity contribution >= 4 is 49.6 Å². The molecule has 0 spiro atoms. The largest absolute Gasteiger partial charge is 0.464 e. The highest BCUT2D eigenvalue weighted by atomic mass is 16.5. The fourth-order valence-corrected chi connectivity index (χ4v) is 9.56. The predicted molar refractivity (Wildman–Crippen MR) is 224 cm³/mol. The highest BCUT2D eigenvalue weighted by Gasteiger charge is 2.55. The van der Waals surface area contributed by atoms with Crippen molar-refractivity contribution in [2.45, 2.75) is 84.8 Å². The molecule has 0 fully saturated rings. The molecule has 5 heteroatoms. The van der Waals surface area contributed by atoms with Crippen molar-refractivity contribution in [3.63, 3.8) is 0 Å². The van der Waals surface area contributed by atoms with Crippen LogP contribution >= 0.6 is 0 Å². The molecule has 0 N–H and O–H groups in total. The summed E-state index contributed by atoms with van der Waals surface area (Å²) in [5.74, 6) is 1.18. The van der Waals surface area contributed by atoms with E-state index in [-0.39, 0.29) is 5.54 Å². The van der Waals surface area contributed by atoms with Gasteiger partial charge >= 0.3 is 0 Å². The topological polar surface area (TPSA) is 44.3 Å². The Morgan fingerprint density at radius 2 is 1.50 bits per heavy atom.